The third-order valence-corrected chi connectivity index (χ3v) is 2.75. The number of nitrogens with zero attached hydrogens (tertiary/aromatic N) is 2. The van der Waals surface area contributed by atoms with Crippen LogP contribution in [0.5, 0.6) is 0 Å². The van der Waals surface area contributed by atoms with E-state index >= 15 is 0 Å². The zero-order valence-corrected chi connectivity index (χ0v) is 6.64. The van der Waals surface area contributed by atoms with E-state index < -0.39 is 0 Å². The third kappa shape index (κ3) is 0.956. The van der Waals surface area contributed by atoms with Crippen molar-refractivity contribution in [3.63, 3.8) is 0 Å². The predicted octanol–water partition coefficient (Wildman–Crippen LogP) is 0.316. The maximum atomic E-state index is 4.30. The SMILES string of the molecule is CN1CCCC2(C[N]C2)C1. The van der Waals surface area contributed by atoms with Gasteiger partial charge in [-0.3, -0.25) is 0 Å². The highest BCUT2D eigenvalue weighted by Gasteiger charge is 2.40. The lowest BCUT2D eigenvalue weighted by molar-refractivity contribution is 0.0527. The molecule has 0 aromatic heterocycles. The summed E-state index contributed by atoms with van der Waals surface area (Å²) in [4.78, 5) is 2.44. The second-order valence-corrected chi connectivity index (χ2v) is 3.88. The van der Waals surface area contributed by atoms with Gasteiger partial charge in [-0.15, -0.1) is 0 Å². The molecule has 2 fully saturated rings. The normalized spacial score (nSPS) is 32.1. The standard InChI is InChI=1S/C8H15N2/c1-10-4-2-3-8(7-10)5-9-6-8/h2-7H2,1H3. The molecule has 0 N–H and O–H groups in total. The third-order valence-electron chi connectivity index (χ3n) is 2.75. The Kier molecular flexibility index (Phi) is 1.46. The zero-order valence-electron chi connectivity index (χ0n) is 6.64. The summed E-state index contributed by atoms with van der Waals surface area (Å²) in [6, 6.07) is 0. The molecule has 0 amide bonds. The highest BCUT2D eigenvalue weighted by Crippen LogP contribution is 2.33. The Morgan fingerprint density at radius 2 is 2.20 bits per heavy atom. The van der Waals surface area contributed by atoms with Gasteiger partial charge in [0.2, 0.25) is 0 Å². The zero-order chi connectivity index (χ0) is 7.03. The second kappa shape index (κ2) is 2.21. The van der Waals surface area contributed by atoms with E-state index in [1.807, 2.05) is 0 Å². The topological polar surface area (TPSA) is 17.3 Å². The van der Waals surface area contributed by atoms with Crippen molar-refractivity contribution in [2.45, 2.75) is 12.8 Å². The van der Waals surface area contributed by atoms with Crippen molar-refractivity contribution in [2.75, 3.05) is 33.2 Å². The molecule has 1 radical (unpaired) electrons. The Morgan fingerprint density at radius 3 is 2.60 bits per heavy atom. The molecule has 2 heterocycles. The first-order valence-corrected chi connectivity index (χ1v) is 4.13. The van der Waals surface area contributed by atoms with Crippen LogP contribution < -0.4 is 5.32 Å². The molecule has 2 saturated heterocycles. The van der Waals surface area contributed by atoms with Crippen LogP contribution in [0.2, 0.25) is 0 Å². The highest BCUT2D eigenvalue weighted by molar-refractivity contribution is 4.96. The van der Waals surface area contributed by atoms with Crippen molar-refractivity contribution >= 4 is 0 Å². The van der Waals surface area contributed by atoms with Crippen molar-refractivity contribution in [1.29, 1.82) is 0 Å². The molecule has 0 aromatic rings. The first-order chi connectivity index (χ1) is 4.81. The summed E-state index contributed by atoms with van der Waals surface area (Å²) in [6.45, 7) is 4.85. The molecule has 2 heteroatoms. The fourth-order valence-corrected chi connectivity index (χ4v) is 2.14. The van der Waals surface area contributed by atoms with Crippen LogP contribution in [0.3, 0.4) is 0 Å². The molecule has 2 rings (SSSR count). The Bertz CT molecular complexity index is 129. The minimum atomic E-state index is 0.632. The lowest BCUT2D eigenvalue weighted by Crippen LogP contribution is -2.57. The molecule has 57 valence electrons. The van der Waals surface area contributed by atoms with Crippen LogP contribution in [-0.2, 0) is 0 Å². The molecule has 10 heavy (non-hydrogen) atoms. The quantitative estimate of drug-likeness (QED) is 0.472. The lowest BCUT2D eigenvalue weighted by atomic mass is 9.75. The molecule has 0 unspecified atom stereocenters. The Morgan fingerprint density at radius 1 is 1.40 bits per heavy atom. The Balaban J connectivity index is 1.96. The van der Waals surface area contributed by atoms with E-state index in [9.17, 15) is 0 Å². The molecule has 0 saturated carbocycles. The summed E-state index contributed by atoms with van der Waals surface area (Å²) in [5, 5.41) is 4.30. The van der Waals surface area contributed by atoms with E-state index in [1.54, 1.807) is 0 Å². The van der Waals surface area contributed by atoms with Gasteiger partial charge in [-0.1, -0.05) is 0 Å². The largest absolute Gasteiger partial charge is 0.306 e. The first-order valence-electron chi connectivity index (χ1n) is 4.13. The lowest BCUT2D eigenvalue weighted by Gasteiger charge is -2.47. The van der Waals surface area contributed by atoms with Crippen LogP contribution in [-0.4, -0.2) is 38.1 Å². The van der Waals surface area contributed by atoms with Gasteiger partial charge in [-0.2, -0.15) is 0 Å². The monoisotopic (exact) mass is 139 g/mol. The second-order valence-electron chi connectivity index (χ2n) is 3.88. The molecular formula is C8H15N2. The molecule has 0 aromatic carbocycles. The summed E-state index contributed by atoms with van der Waals surface area (Å²) in [5.41, 5.74) is 0.632. The van der Waals surface area contributed by atoms with E-state index in [0.717, 1.165) is 13.1 Å². The van der Waals surface area contributed by atoms with Crippen LogP contribution >= 0.6 is 0 Å². The van der Waals surface area contributed by atoms with Gasteiger partial charge in [0.15, 0.2) is 0 Å². The molecule has 2 nitrogen and oxygen atoms in total. The smallest absolute Gasteiger partial charge is 0.0215 e. The minimum absolute atomic E-state index is 0.632. The van der Waals surface area contributed by atoms with Crippen LogP contribution in [0.1, 0.15) is 12.8 Å². The van der Waals surface area contributed by atoms with Crippen LogP contribution in [0.4, 0.5) is 0 Å². The summed E-state index contributed by atoms with van der Waals surface area (Å²) in [6.07, 6.45) is 2.80. The molecule has 0 aliphatic carbocycles. The van der Waals surface area contributed by atoms with E-state index in [2.05, 4.69) is 17.3 Å². The van der Waals surface area contributed by atoms with Gasteiger partial charge in [-0.25, -0.2) is 5.32 Å². The van der Waals surface area contributed by atoms with Gasteiger partial charge in [0.05, 0.1) is 0 Å². The average Bonchev–Trinajstić information content (AvgIpc) is 1.85. The van der Waals surface area contributed by atoms with E-state index in [4.69, 9.17) is 0 Å². The van der Waals surface area contributed by atoms with Gasteiger partial charge in [0.25, 0.3) is 0 Å². The van der Waals surface area contributed by atoms with Crippen LogP contribution in [0.25, 0.3) is 0 Å². The van der Waals surface area contributed by atoms with Gasteiger partial charge in [0, 0.05) is 25.0 Å². The van der Waals surface area contributed by atoms with Crippen LogP contribution in [0.15, 0.2) is 0 Å². The van der Waals surface area contributed by atoms with Gasteiger partial charge < -0.3 is 4.90 Å². The van der Waals surface area contributed by atoms with Crippen LogP contribution in [0, 0.1) is 5.41 Å². The summed E-state index contributed by atoms with van der Waals surface area (Å²) in [7, 11) is 2.22. The van der Waals surface area contributed by atoms with Crippen molar-refractivity contribution in [3.05, 3.63) is 0 Å². The number of likely N-dealkylation sites (tertiary alicyclic amines) is 1. The number of piperidine rings is 1. The van der Waals surface area contributed by atoms with Crippen molar-refractivity contribution in [3.8, 4) is 0 Å². The first kappa shape index (κ1) is 6.62. The summed E-state index contributed by atoms with van der Waals surface area (Å²) in [5.74, 6) is 0. The van der Waals surface area contributed by atoms with E-state index in [0.29, 0.717) is 5.41 Å². The summed E-state index contributed by atoms with van der Waals surface area (Å²) < 4.78 is 0. The van der Waals surface area contributed by atoms with Crippen molar-refractivity contribution in [1.82, 2.24) is 10.2 Å². The Hall–Kier alpha value is -0.0800. The predicted molar refractivity (Wildman–Crippen MR) is 41.0 cm³/mol. The maximum Gasteiger partial charge on any atom is 0.0215 e. The Labute approximate surface area is 62.6 Å². The minimum Gasteiger partial charge on any atom is -0.306 e. The average molecular weight is 139 g/mol. The number of hydrogen-bond donors (Lipinski definition) is 0. The van der Waals surface area contributed by atoms with Crippen molar-refractivity contribution in [2.24, 2.45) is 5.41 Å². The highest BCUT2D eigenvalue weighted by atomic mass is 15.1. The van der Waals surface area contributed by atoms with E-state index in [-0.39, 0.29) is 0 Å². The fourth-order valence-electron chi connectivity index (χ4n) is 2.14. The molecular weight excluding hydrogens is 124 g/mol. The number of rotatable bonds is 0. The molecule has 2 aliphatic rings. The van der Waals surface area contributed by atoms with Crippen molar-refractivity contribution < 1.29 is 0 Å². The van der Waals surface area contributed by atoms with Gasteiger partial charge in [-0.05, 0) is 26.4 Å². The maximum absolute atomic E-state index is 4.30. The van der Waals surface area contributed by atoms with E-state index in [1.165, 1.54) is 25.9 Å². The van der Waals surface area contributed by atoms with Gasteiger partial charge >= 0.3 is 0 Å². The molecule has 2 aliphatic heterocycles. The van der Waals surface area contributed by atoms with Gasteiger partial charge in [0.1, 0.15) is 0 Å². The molecule has 0 bridgehead atoms. The summed E-state index contributed by atoms with van der Waals surface area (Å²) >= 11 is 0. The molecule has 1 spiro atoms. The molecule has 0 atom stereocenters. The fraction of sp³-hybridized carbons (Fsp3) is 1.00. The number of hydrogen-bond acceptors (Lipinski definition) is 1.